The van der Waals surface area contributed by atoms with Gasteiger partial charge in [0.2, 0.25) is 0 Å². The number of methoxy groups -OCH3 is 3. The predicted octanol–water partition coefficient (Wildman–Crippen LogP) is 6.08. The van der Waals surface area contributed by atoms with Crippen LogP contribution in [0.5, 0.6) is 0 Å². The summed E-state index contributed by atoms with van der Waals surface area (Å²) in [5.41, 5.74) is -3.50. The van der Waals surface area contributed by atoms with Gasteiger partial charge in [0.05, 0.1) is 89.9 Å². The van der Waals surface area contributed by atoms with Gasteiger partial charge < -0.3 is 67.2 Å². The van der Waals surface area contributed by atoms with Gasteiger partial charge in [0.1, 0.15) is 5.60 Å². The SMILES string of the molecule is CO[C@H]1[C@H](C)C(C2CCC(C3(C)CCC(C4(C)CCC5(O4)O[C@](C)([C@H](C)[C@H]4O[C@H](C(C)C(=O)OO)C[C@@H](O)[C@@]4(C)O[C@H]4CC[C@H](OC)[C@@H](C)O4)C[C@@H](OC)[C@H]5C)O3)O2)O[C@](C)(O)[C@@H]1C. The summed E-state index contributed by atoms with van der Waals surface area (Å²) in [6.07, 6.45) is 1.30. The van der Waals surface area contributed by atoms with E-state index in [0.29, 0.717) is 25.7 Å². The number of hydrogen-bond donors (Lipinski definition) is 3. The van der Waals surface area contributed by atoms with Gasteiger partial charge in [0.15, 0.2) is 17.9 Å². The minimum Gasteiger partial charge on any atom is -0.390 e. The molecule has 370 valence electrons. The van der Waals surface area contributed by atoms with Gasteiger partial charge in [0.25, 0.3) is 0 Å². The normalized spacial score (nSPS) is 53.4. The maximum absolute atomic E-state index is 12.7. The van der Waals surface area contributed by atoms with E-state index < -0.39 is 76.4 Å². The van der Waals surface area contributed by atoms with Gasteiger partial charge in [-0.05, 0) is 87.0 Å². The molecule has 0 amide bonds. The second-order valence-corrected chi connectivity index (χ2v) is 21.9. The van der Waals surface area contributed by atoms with Gasteiger partial charge >= 0.3 is 5.97 Å². The fraction of sp³-hybridized carbons (Fsp3) is 0.979. The van der Waals surface area contributed by atoms with Gasteiger partial charge in [-0.15, -0.1) is 0 Å². The van der Waals surface area contributed by atoms with Crippen LogP contribution in [0.15, 0.2) is 0 Å². The summed E-state index contributed by atoms with van der Waals surface area (Å²) in [5.74, 6) is -4.89. The molecule has 16 nitrogen and oxygen atoms in total. The maximum atomic E-state index is 12.7. The van der Waals surface area contributed by atoms with E-state index in [1.807, 2.05) is 34.6 Å². The first kappa shape index (κ1) is 50.8. The number of carbonyl (C=O) groups excluding carboxylic acids is 1. The third-order valence-corrected chi connectivity index (χ3v) is 17.8. The minimum atomic E-state index is -1.33. The van der Waals surface area contributed by atoms with Crippen LogP contribution in [0.4, 0.5) is 0 Å². The van der Waals surface area contributed by atoms with Crippen LogP contribution in [0.1, 0.15) is 140 Å². The molecule has 7 rings (SSSR count). The molecule has 0 bridgehead atoms. The Kier molecular flexibility index (Phi) is 14.8. The summed E-state index contributed by atoms with van der Waals surface area (Å²) in [5, 5.41) is 32.6. The number of rotatable bonds is 12. The molecule has 7 aliphatic heterocycles. The van der Waals surface area contributed by atoms with Crippen molar-refractivity contribution < 1.29 is 77.3 Å². The molecule has 16 heteroatoms. The summed E-state index contributed by atoms with van der Waals surface area (Å²) < 4.78 is 72.8. The van der Waals surface area contributed by atoms with Gasteiger partial charge in [-0.1, -0.05) is 27.7 Å². The number of carbonyl (C=O) groups is 1. The number of ether oxygens (including phenoxy) is 11. The van der Waals surface area contributed by atoms with E-state index >= 15 is 0 Å². The first-order valence-corrected chi connectivity index (χ1v) is 24.2. The molecule has 0 aromatic carbocycles. The Hall–Kier alpha value is -1.09. The smallest absolute Gasteiger partial charge is 0.347 e. The van der Waals surface area contributed by atoms with Crippen molar-refractivity contribution in [3.05, 3.63) is 0 Å². The highest BCUT2D eigenvalue weighted by Crippen LogP contribution is 2.58. The van der Waals surface area contributed by atoms with Crippen LogP contribution in [0.25, 0.3) is 0 Å². The van der Waals surface area contributed by atoms with E-state index in [9.17, 15) is 20.3 Å². The third-order valence-electron chi connectivity index (χ3n) is 17.8. The first-order chi connectivity index (χ1) is 29.9. The lowest BCUT2D eigenvalue weighted by Gasteiger charge is -2.58. The van der Waals surface area contributed by atoms with Crippen LogP contribution in [0, 0.1) is 29.6 Å². The standard InChI is InChI=1S/C48H82O16/c1-25(42(50)62-52)33-23-35(49)46(10,60-38-18-16-31(53-12)30(6)56-38)41(58-33)29(5)45(9)24-34(54-13)27(3)48(64-45)22-21-44(8,63-48)37-19-20-43(7,59-37)36-17-15-32(57-36)40-26(2)39(55-14)28(4)47(11,51)61-40/h25-41,49,51-52H,15-24H2,1-14H3/t25?,26-,27+,28+,29+,30+,31-,32?,33-,34+,35+,36?,37?,38-,39-,40?,41+,43?,44?,45-,46+,47-,48?/m0/s1. The summed E-state index contributed by atoms with van der Waals surface area (Å²) in [7, 11) is 5.08. The van der Waals surface area contributed by atoms with Crippen LogP contribution >= 0.6 is 0 Å². The molecule has 0 saturated carbocycles. The molecule has 3 N–H and O–H groups in total. The number of hydrogen-bond acceptors (Lipinski definition) is 16. The Morgan fingerprint density at radius 3 is 2.09 bits per heavy atom. The highest BCUT2D eigenvalue weighted by atomic mass is 17.1. The monoisotopic (exact) mass is 915 g/mol. The number of aliphatic hydroxyl groups is 2. The molecule has 64 heavy (non-hydrogen) atoms. The van der Waals surface area contributed by atoms with Crippen molar-refractivity contribution >= 4 is 5.97 Å². The van der Waals surface area contributed by atoms with E-state index in [0.717, 1.165) is 32.1 Å². The molecule has 1 spiro atoms. The van der Waals surface area contributed by atoms with Crippen molar-refractivity contribution in [2.75, 3.05) is 21.3 Å². The Labute approximate surface area is 381 Å². The second kappa shape index (κ2) is 18.7. The minimum absolute atomic E-state index is 0.0304. The van der Waals surface area contributed by atoms with Gasteiger partial charge in [-0.2, -0.15) is 5.26 Å². The highest BCUT2D eigenvalue weighted by Gasteiger charge is 2.66. The molecule has 8 unspecified atom stereocenters. The van der Waals surface area contributed by atoms with E-state index in [1.165, 1.54) is 0 Å². The van der Waals surface area contributed by atoms with Crippen LogP contribution in [0.2, 0.25) is 0 Å². The lowest BCUT2D eigenvalue weighted by Crippen LogP contribution is -2.69. The fourth-order valence-corrected chi connectivity index (χ4v) is 12.9. The highest BCUT2D eigenvalue weighted by molar-refractivity contribution is 5.72. The lowest BCUT2D eigenvalue weighted by molar-refractivity contribution is -0.384. The average molecular weight is 915 g/mol. The second-order valence-electron chi connectivity index (χ2n) is 21.9. The molecular formula is C48H82O16. The zero-order chi connectivity index (χ0) is 46.9. The van der Waals surface area contributed by atoms with Crippen LogP contribution in [-0.2, 0) is 61.8 Å². The number of aliphatic hydroxyl groups excluding tert-OH is 1. The van der Waals surface area contributed by atoms with Crippen molar-refractivity contribution in [1.82, 2.24) is 0 Å². The molecule has 7 saturated heterocycles. The van der Waals surface area contributed by atoms with Crippen LogP contribution in [-0.4, -0.2) is 150 Å². The maximum Gasteiger partial charge on any atom is 0.347 e. The topological polar surface area (TPSA) is 189 Å². The average Bonchev–Trinajstić information content (AvgIpc) is 4.00. The predicted molar refractivity (Wildman–Crippen MR) is 231 cm³/mol. The molecule has 0 aliphatic carbocycles. The van der Waals surface area contributed by atoms with Crippen molar-refractivity contribution in [3.8, 4) is 0 Å². The zero-order valence-electron chi connectivity index (χ0n) is 41.0. The van der Waals surface area contributed by atoms with Gasteiger partial charge in [-0.3, -0.25) is 0 Å². The molecule has 7 fully saturated rings. The molecular weight excluding hydrogens is 833 g/mol. The largest absolute Gasteiger partial charge is 0.390 e. The lowest BCUT2D eigenvalue weighted by atomic mass is 9.69. The van der Waals surface area contributed by atoms with Gasteiger partial charge in [-0.25, -0.2) is 4.79 Å². The zero-order valence-corrected chi connectivity index (χ0v) is 41.0. The van der Waals surface area contributed by atoms with Crippen molar-refractivity contribution in [1.29, 1.82) is 0 Å². The third kappa shape index (κ3) is 8.99. The van der Waals surface area contributed by atoms with E-state index in [4.69, 9.17) is 52.1 Å². The molecule has 0 radical (unpaired) electrons. The van der Waals surface area contributed by atoms with Crippen molar-refractivity contribution in [3.63, 3.8) is 0 Å². The van der Waals surface area contributed by atoms with Crippen LogP contribution < -0.4 is 0 Å². The Balaban J connectivity index is 1.09. The van der Waals surface area contributed by atoms with E-state index in [2.05, 4.69) is 32.6 Å². The fourth-order valence-electron chi connectivity index (χ4n) is 12.9. The quantitative estimate of drug-likeness (QED) is 0.151. The summed E-state index contributed by atoms with van der Waals surface area (Å²) >= 11 is 0. The first-order valence-electron chi connectivity index (χ1n) is 24.2. The Bertz CT molecular complexity index is 1620. The summed E-state index contributed by atoms with van der Waals surface area (Å²) in [6.45, 7) is 21.7. The summed E-state index contributed by atoms with van der Waals surface area (Å²) in [4.78, 5) is 16.8. The van der Waals surface area contributed by atoms with E-state index in [-0.39, 0.29) is 73.0 Å². The van der Waals surface area contributed by atoms with Gasteiger partial charge in [0, 0.05) is 70.7 Å². The van der Waals surface area contributed by atoms with Crippen molar-refractivity contribution in [2.45, 2.75) is 248 Å². The van der Waals surface area contributed by atoms with E-state index in [1.54, 1.807) is 35.2 Å². The molecule has 0 aromatic heterocycles. The van der Waals surface area contributed by atoms with Crippen LogP contribution in [0.3, 0.4) is 0 Å². The Morgan fingerprint density at radius 2 is 1.45 bits per heavy atom. The molecule has 23 atom stereocenters. The molecule has 7 heterocycles. The Morgan fingerprint density at radius 1 is 0.750 bits per heavy atom. The summed E-state index contributed by atoms with van der Waals surface area (Å²) in [6, 6.07) is 0. The van der Waals surface area contributed by atoms with Crippen molar-refractivity contribution in [2.24, 2.45) is 29.6 Å². The molecule has 7 aliphatic rings. The molecule has 0 aromatic rings.